The Kier molecular flexibility index (Phi) is 3.87. The molecule has 3 rings (SSSR count). The van der Waals surface area contributed by atoms with Crippen LogP contribution in [0.3, 0.4) is 0 Å². The number of carbonyl (C=O) groups excluding carboxylic acids is 2. The van der Waals surface area contributed by atoms with Crippen LogP contribution in [0.15, 0.2) is 30.3 Å². The first-order valence-electron chi connectivity index (χ1n) is 6.13. The summed E-state index contributed by atoms with van der Waals surface area (Å²) in [4.78, 5) is 32.8. The summed E-state index contributed by atoms with van der Waals surface area (Å²) in [5.74, 6) is -0.708. The number of nitrogens with one attached hydrogen (secondary N) is 3. The molecule has 3 N–H and O–H groups in total. The van der Waals surface area contributed by atoms with Crippen molar-refractivity contribution in [3.05, 3.63) is 52.6 Å². The van der Waals surface area contributed by atoms with Gasteiger partial charge < -0.3 is 0 Å². The molecule has 5 nitrogen and oxygen atoms in total. The lowest BCUT2D eigenvalue weighted by atomic mass is 9.81. The Bertz CT molecular complexity index is 808. The number of rotatable bonds is 3. The summed E-state index contributed by atoms with van der Waals surface area (Å²) < 4.78 is 0. The van der Waals surface area contributed by atoms with Crippen molar-refractivity contribution in [1.82, 2.24) is 0 Å². The summed E-state index contributed by atoms with van der Waals surface area (Å²) in [6.07, 6.45) is 0. The molecule has 2 aromatic carbocycles. The third kappa shape index (κ3) is 2.01. The number of hydrogen-bond donors (Lipinski definition) is 3. The Balaban J connectivity index is 2.38. The second kappa shape index (κ2) is 5.68. The van der Waals surface area contributed by atoms with E-state index in [-0.39, 0.29) is 33.8 Å². The molecule has 0 fully saturated rings. The lowest BCUT2D eigenvalue weighted by Gasteiger charge is -2.23. The standard InChI is InChI=1S/C14H8Cl3N3O2/c15-18-7-3-1-2-6-10(7)14(22)12-9(20-17)5-4-8(19-16)11(12)13(6)21/h1-5,18-20H. The van der Waals surface area contributed by atoms with E-state index in [1.165, 1.54) is 0 Å². The number of benzene rings is 2. The molecule has 2 aromatic rings. The van der Waals surface area contributed by atoms with Crippen LogP contribution in [0, 0.1) is 0 Å². The van der Waals surface area contributed by atoms with Gasteiger partial charge in [-0.05, 0) is 18.2 Å². The number of hydrogen-bond acceptors (Lipinski definition) is 5. The van der Waals surface area contributed by atoms with Crippen LogP contribution < -0.4 is 14.5 Å². The quantitative estimate of drug-likeness (QED) is 0.615. The third-order valence-corrected chi connectivity index (χ3v) is 4.11. The van der Waals surface area contributed by atoms with E-state index in [0.29, 0.717) is 17.1 Å². The molecule has 112 valence electrons. The van der Waals surface area contributed by atoms with Crippen molar-refractivity contribution >= 4 is 64.0 Å². The van der Waals surface area contributed by atoms with Crippen molar-refractivity contribution in [2.45, 2.75) is 0 Å². The summed E-state index contributed by atoms with van der Waals surface area (Å²) in [6, 6.07) is 7.94. The van der Waals surface area contributed by atoms with Gasteiger partial charge in [0.1, 0.15) is 0 Å². The van der Waals surface area contributed by atoms with Crippen LogP contribution in [0.2, 0.25) is 0 Å². The minimum atomic E-state index is -0.370. The van der Waals surface area contributed by atoms with Gasteiger partial charge >= 0.3 is 0 Å². The molecule has 0 aromatic heterocycles. The Labute approximate surface area is 140 Å². The molecular weight excluding hydrogens is 349 g/mol. The van der Waals surface area contributed by atoms with E-state index in [1.54, 1.807) is 30.3 Å². The van der Waals surface area contributed by atoms with Gasteiger partial charge in [-0.2, -0.15) is 0 Å². The minimum Gasteiger partial charge on any atom is -0.298 e. The monoisotopic (exact) mass is 355 g/mol. The number of ketones is 2. The Hall–Kier alpha value is -1.95. The molecule has 0 unspecified atom stereocenters. The number of fused-ring (bicyclic) bond motifs is 2. The van der Waals surface area contributed by atoms with Crippen molar-refractivity contribution < 1.29 is 9.59 Å². The summed E-state index contributed by atoms with van der Waals surface area (Å²) >= 11 is 17.0. The van der Waals surface area contributed by atoms with Crippen molar-refractivity contribution in [2.24, 2.45) is 0 Å². The second-order valence-electron chi connectivity index (χ2n) is 4.58. The molecule has 0 saturated carbocycles. The maximum Gasteiger partial charge on any atom is 0.198 e. The number of anilines is 3. The van der Waals surface area contributed by atoms with Crippen molar-refractivity contribution in [2.75, 3.05) is 14.5 Å². The normalized spacial score (nSPS) is 12.5. The maximum absolute atomic E-state index is 12.9. The lowest BCUT2D eigenvalue weighted by molar-refractivity contribution is 0.0981. The average Bonchev–Trinajstić information content (AvgIpc) is 2.57. The minimum absolute atomic E-state index is 0.150. The van der Waals surface area contributed by atoms with Gasteiger partial charge in [-0.25, -0.2) is 0 Å². The molecule has 0 bridgehead atoms. The van der Waals surface area contributed by atoms with Gasteiger partial charge in [0.15, 0.2) is 11.6 Å². The van der Waals surface area contributed by atoms with Gasteiger partial charge in [0.25, 0.3) is 0 Å². The topological polar surface area (TPSA) is 70.2 Å². The van der Waals surface area contributed by atoms with E-state index < -0.39 is 0 Å². The zero-order chi connectivity index (χ0) is 15.9. The average molecular weight is 357 g/mol. The lowest BCUT2D eigenvalue weighted by Crippen LogP contribution is -2.23. The fourth-order valence-corrected chi connectivity index (χ4v) is 3.03. The van der Waals surface area contributed by atoms with Gasteiger partial charge in [-0.3, -0.25) is 24.1 Å². The fraction of sp³-hybridized carbons (Fsp3) is 0. The molecule has 0 saturated heterocycles. The molecule has 0 heterocycles. The molecule has 0 amide bonds. The first-order valence-corrected chi connectivity index (χ1v) is 7.26. The molecule has 0 atom stereocenters. The van der Waals surface area contributed by atoms with Gasteiger partial charge in [-0.15, -0.1) is 0 Å². The van der Waals surface area contributed by atoms with Crippen LogP contribution >= 0.6 is 35.3 Å². The van der Waals surface area contributed by atoms with E-state index in [1.807, 2.05) is 0 Å². The Morgan fingerprint density at radius 3 is 1.68 bits per heavy atom. The largest absolute Gasteiger partial charge is 0.298 e. The summed E-state index contributed by atoms with van der Waals surface area (Å²) in [6.45, 7) is 0. The van der Waals surface area contributed by atoms with Crippen LogP contribution in [0.25, 0.3) is 0 Å². The fourth-order valence-electron chi connectivity index (χ4n) is 2.56. The molecule has 1 aliphatic rings. The van der Waals surface area contributed by atoms with E-state index in [4.69, 9.17) is 35.3 Å². The first-order chi connectivity index (χ1) is 10.6. The van der Waals surface area contributed by atoms with Crippen LogP contribution in [-0.4, -0.2) is 11.6 Å². The van der Waals surface area contributed by atoms with Gasteiger partial charge in [0.2, 0.25) is 0 Å². The predicted molar refractivity (Wildman–Crippen MR) is 88.2 cm³/mol. The number of carbonyl (C=O) groups is 2. The summed E-state index contributed by atoms with van der Waals surface area (Å²) in [5.41, 5.74) is 1.79. The SMILES string of the molecule is O=C1c2cccc(NCl)c2C(=O)c2c(NCl)ccc(NCl)c21. The van der Waals surface area contributed by atoms with Crippen LogP contribution in [0.4, 0.5) is 17.1 Å². The zero-order valence-electron chi connectivity index (χ0n) is 10.8. The molecule has 0 aliphatic heterocycles. The van der Waals surface area contributed by atoms with Crippen molar-refractivity contribution in [3.8, 4) is 0 Å². The van der Waals surface area contributed by atoms with E-state index >= 15 is 0 Å². The van der Waals surface area contributed by atoms with Crippen molar-refractivity contribution in [1.29, 1.82) is 0 Å². The van der Waals surface area contributed by atoms with E-state index in [0.717, 1.165) is 0 Å². The van der Waals surface area contributed by atoms with Crippen molar-refractivity contribution in [3.63, 3.8) is 0 Å². The molecule has 0 spiro atoms. The zero-order valence-corrected chi connectivity index (χ0v) is 13.1. The highest BCUT2D eigenvalue weighted by atomic mass is 35.5. The predicted octanol–water partition coefficient (Wildman–Crippen LogP) is 4.16. The maximum atomic E-state index is 12.9. The van der Waals surface area contributed by atoms with E-state index in [9.17, 15) is 9.59 Å². The highest BCUT2D eigenvalue weighted by Gasteiger charge is 2.35. The molecule has 22 heavy (non-hydrogen) atoms. The van der Waals surface area contributed by atoms with Crippen LogP contribution in [0.1, 0.15) is 31.8 Å². The highest BCUT2D eigenvalue weighted by molar-refractivity contribution is 6.37. The van der Waals surface area contributed by atoms with Gasteiger partial charge in [-0.1, -0.05) is 12.1 Å². The third-order valence-electron chi connectivity index (χ3n) is 3.50. The van der Waals surface area contributed by atoms with Crippen LogP contribution in [0.5, 0.6) is 0 Å². The molecular formula is C14H8Cl3N3O2. The van der Waals surface area contributed by atoms with Crippen LogP contribution in [-0.2, 0) is 0 Å². The summed E-state index contributed by atoms with van der Waals surface area (Å²) in [7, 11) is 0. The highest BCUT2D eigenvalue weighted by Crippen LogP contribution is 2.39. The first kappa shape index (κ1) is 15.0. The smallest absolute Gasteiger partial charge is 0.198 e. The molecule has 1 aliphatic carbocycles. The van der Waals surface area contributed by atoms with E-state index in [2.05, 4.69) is 14.5 Å². The van der Waals surface area contributed by atoms with Gasteiger partial charge in [0, 0.05) is 40.9 Å². The van der Waals surface area contributed by atoms with Gasteiger partial charge in [0.05, 0.1) is 33.8 Å². The second-order valence-corrected chi connectivity index (χ2v) is 5.15. The Morgan fingerprint density at radius 1 is 0.636 bits per heavy atom. The molecule has 8 heteroatoms. The number of halogens is 3. The molecule has 0 radical (unpaired) electrons. The summed E-state index contributed by atoms with van der Waals surface area (Å²) in [5, 5.41) is 0. The Morgan fingerprint density at radius 2 is 1.14 bits per heavy atom.